The van der Waals surface area contributed by atoms with Crippen molar-refractivity contribution in [2.75, 3.05) is 27.4 Å². The number of rotatable bonds is 6. The second kappa shape index (κ2) is 8.55. The van der Waals surface area contributed by atoms with Gasteiger partial charge in [-0.2, -0.15) is 0 Å². The van der Waals surface area contributed by atoms with E-state index < -0.39 is 0 Å². The number of benzene rings is 2. The summed E-state index contributed by atoms with van der Waals surface area (Å²) in [6.07, 6.45) is 1.27. The summed E-state index contributed by atoms with van der Waals surface area (Å²) in [5.74, 6) is 2.34. The van der Waals surface area contributed by atoms with Crippen LogP contribution in [0.4, 0.5) is 0 Å². The Bertz CT molecular complexity index is 842. The van der Waals surface area contributed by atoms with Crippen molar-refractivity contribution in [1.82, 2.24) is 4.90 Å². The normalized spacial score (nSPS) is 15.8. The molecular weight excluding hydrogens is 354 g/mol. The minimum Gasteiger partial charge on any atom is -0.493 e. The molecule has 0 radical (unpaired) electrons. The first-order valence-electron chi connectivity index (χ1n) is 9.72. The first-order chi connectivity index (χ1) is 13.5. The molecule has 5 heteroatoms. The van der Waals surface area contributed by atoms with Crippen molar-refractivity contribution in [3.63, 3.8) is 0 Å². The van der Waals surface area contributed by atoms with Crippen molar-refractivity contribution in [2.45, 2.75) is 39.7 Å². The molecule has 0 bridgehead atoms. The molecule has 0 aliphatic carbocycles. The zero-order valence-electron chi connectivity index (χ0n) is 17.4. The minimum absolute atomic E-state index is 0.134. The number of nitrogens with zero attached hydrogens (tertiary/aromatic N) is 1. The fraction of sp³-hybridized carbons (Fsp3) is 0.435. The molecule has 1 aliphatic rings. The molecule has 1 heterocycles. The molecule has 0 saturated heterocycles. The molecule has 0 aromatic heterocycles. The van der Waals surface area contributed by atoms with Gasteiger partial charge in [0, 0.05) is 13.0 Å². The standard InChI is InChI=1S/C23H29NO4/c1-6-23(25)24-8-7-17-12-21(26-4)22(27-5)13-19(17)20(24)14-28-18-10-15(2)9-16(3)11-18/h9-13,20H,6-8,14H2,1-5H3/t20-/m1/s1. The minimum atomic E-state index is -0.156. The number of amides is 1. The molecule has 28 heavy (non-hydrogen) atoms. The predicted octanol–water partition coefficient (Wildman–Crippen LogP) is 4.24. The van der Waals surface area contributed by atoms with Crippen LogP contribution >= 0.6 is 0 Å². The van der Waals surface area contributed by atoms with E-state index in [-0.39, 0.29) is 11.9 Å². The van der Waals surface area contributed by atoms with Crippen LogP contribution in [0.3, 0.4) is 0 Å². The molecule has 3 rings (SSSR count). The lowest BCUT2D eigenvalue weighted by Crippen LogP contribution is -2.42. The summed E-state index contributed by atoms with van der Waals surface area (Å²) < 4.78 is 17.1. The number of ether oxygens (including phenoxy) is 3. The van der Waals surface area contributed by atoms with Gasteiger partial charge in [0.05, 0.1) is 20.3 Å². The lowest BCUT2D eigenvalue weighted by Gasteiger charge is -2.37. The first kappa shape index (κ1) is 20.1. The molecule has 2 aromatic carbocycles. The van der Waals surface area contributed by atoms with Crippen LogP contribution in [0.1, 0.15) is 41.6 Å². The zero-order valence-corrected chi connectivity index (χ0v) is 17.4. The second-order valence-electron chi connectivity index (χ2n) is 7.25. The Balaban J connectivity index is 1.95. The van der Waals surface area contributed by atoms with Crippen LogP contribution in [-0.2, 0) is 11.2 Å². The van der Waals surface area contributed by atoms with Gasteiger partial charge >= 0.3 is 0 Å². The maximum Gasteiger partial charge on any atom is 0.222 e. The summed E-state index contributed by atoms with van der Waals surface area (Å²) in [6.45, 7) is 7.08. The Morgan fingerprint density at radius 1 is 1.04 bits per heavy atom. The Kier molecular flexibility index (Phi) is 6.12. The van der Waals surface area contributed by atoms with Gasteiger partial charge in [0.15, 0.2) is 11.5 Å². The predicted molar refractivity (Wildman–Crippen MR) is 109 cm³/mol. The fourth-order valence-electron chi connectivity index (χ4n) is 3.90. The molecule has 0 N–H and O–H groups in total. The third-order valence-electron chi connectivity index (χ3n) is 5.23. The summed E-state index contributed by atoms with van der Waals surface area (Å²) in [5.41, 5.74) is 4.56. The molecule has 0 fully saturated rings. The zero-order chi connectivity index (χ0) is 20.3. The van der Waals surface area contributed by atoms with Gasteiger partial charge in [-0.1, -0.05) is 13.0 Å². The molecule has 1 aliphatic heterocycles. The van der Waals surface area contributed by atoms with Gasteiger partial charge < -0.3 is 19.1 Å². The number of hydrogen-bond acceptors (Lipinski definition) is 4. The molecule has 5 nitrogen and oxygen atoms in total. The van der Waals surface area contributed by atoms with Gasteiger partial charge in [-0.15, -0.1) is 0 Å². The van der Waals surface area contributed by atoms with Gasteiger partial charge in [0.2, 0.25) is 5.91 Å². The average molecular weight is 383 g/mol. The third-order valence-corrected chi connectivity index (χ3v) is 5.23. The van der Waals surface area contributed by atoms with E-state index in [0.717, 1.165) is 28.9 Å². The van der Waals surface area contributed by atoms with E-state index >= 15 is 0 Å². The second-order valence-corrected chi connectivity index (χ2v) is 7.25. The number of aryl methyl sites for hydroxylation is 2. The van der Waals surface area contributed by atoms with Crippen molar-refractivity contribution in [1.29, 1.82) is 0 Å². The summed E-state index contributed by atoms with van der Waals surface area (Å²) in [5, 5.41) is 0. The molecule has 1 atom stereocenters. The van der Waals surface area contributed by atoms with E-state index in [1.807, 2.05) is 36.1 Å². The Morgan fingerprint density at radius 2 is 1.68 bits per heavy atom. The molecule has 0 saturated carbocycles. The average Bonchev–Trinajstić information content (AvgIpc) is 2.69. The van der Waals surface area contributed by atoms with Crippen molar-refractivity contribution in [2.24, 2.45) is 0 Å². The van der Waals surface area contributed by atoms with E-state index in [0.29, 0.717) is 31.1 Å². The van der Waals surface area contributed by atoms with E-state index in [4.69, 9.17) is 14.2 Å². The number of carbonyl (C=O) groups excluding carboxylic acids is 1. The Morgan fingerprint density at radius 3 is 2.29 bits per heavy atom. The lowest BCUT2D eigenvalue weighted by atomic mass is 9.92. The van der Waals surface area contributed by atoms with Gasteiger partial charge in [0.1, 0.15) is 12.4 Å². The number of fused-ring (bicyclic) bond motifs is 1. The highest BCUT2D eigenvalue weighted by molar-refractivity contribution is 5.77. The molecule has 0 unspecified atom stereocenters. The first-order valence-corrected chi connectivity index (χ1v) is 9.72. The van der Waals surface area contributed by atoms with Crippen molar-refractivity contribution in [3.8, 4) is 17.2 Å². The van der Waals surface area contributed by atoms with Crippen molar-refractivity contribution in [3.05, 3.63) is 52.6 Å². The van der Waals surface area contributed by atoms with E-state index in [2.05, 4.69) is 19.9 Å². The Hall–Kier alpha value is -2.69. The number of carbonyl (C=O) groups is 1. The number of methoxy groups -OCH3 is 2. The Labute approximate surface area is 167 Å². The molecular formula is C23H29NO4. The van der Waals surface area contributed by atoms with Crippen LogP contribution in [0.25, 0.3) is 0 Å². The van der Waals surface area contributed by atoms with Crippen LogP contribution in [0.15, 0.2) is 30.3 Å². The lowest BCUT2D eigenvalue weighted by molar-refractivity contribution is -0.134. The fourth-order valence-corrected chi connectivity index (χ4v) is 3.90. The van der Waals surface area contributed by atoms with Gasteiger partial charge in [-0.3, -0.25) is 4.79 Å². The van der Waals surface area contributed by atoms with Crippen LogP contribution in [0, 0.1) is 13.8 Å². The van der Waals surface area contributed by atoms with Crippen molar-refractivity contribution < 1.29 is 19.0 Å². The van der Waals surface area contributed by atoms with E-state index in [1.54, 1.807) is 14.2 Å². The van der Waals surface area contributed by atoms with Crippen LogP contribution in [0.5, 0.6) is 17.2 Å². The van der Waals surface area contributed by atoms with E-state index in [1.165, 1.54) is 5.56 Å². The van der Waals surface area contributed by atoms with Crippen LogP contribution < -0.4 is 14.2 Å². The third kappa shape index (κ3) is 4.08. The van der Waals surface area contributed by atoms with Gasteiger partial charge in [-0.25, -0.2) is 0 Å². The highest BCUT2D eigenvalue weighted by atomic mass is 16.5. The van der Waals surface area contributed by atoms with E-state index in [9.17, 15) is 4.79 Å². The smallest absolute Gasteiger partial charge is 0.222 e. The largest absolute Gasteiger partial charge is 0.493 e. The highest BCUT2D eigenvalue weighted by Gasteiger charge is 2.32. The SMILES string of the molecule is CCC(=O)N1CCc2cc(OC)c(OC)cc2[C@H]1COc1cc(C)cc(C)c1. The van der Waals surface area contributed by atoms with Crippen LogP contribution in [0.2, 0.25) is 0 Å². The molecule has 150 valence electrons. The number of hydrogen-bond donors (Lipinski definition) is 0. The van der Waals surface area contributed by atoms with Gasteiger partial charge in [0.25, 0.3) is 0 Å². The summed E-state index contributed by atoms with van der Waals surface area (Å²) in [6, 6.07) is 10.0. The topological polar surface area (TPSA) is 48.0 Å². The molecule has 1 amide bonds. The quantitative estimate of drug-likeness (QED) is 0.749. The van der Waals surface area contributed by atoms with Crippen molar-refractivity contribution >= 4 is 5.91 Å². The summed E-state index contributed by atoms with van der Waals surface area (Å²) in [4.78, 5) is 14.5. The maximum atomic E-state index is 12.6. The maximum absolute atomic E-state index is 12.6. The summed E-state index contributed by atoms with van der Waals surface area (Å²) in [7, 11) is 3.27. The highest BCUT2D eigenvalue weighted by Crippen LogP contribution is 2.38. The monoisotopic (exact) mass is 383 g/mol. The van der Waals surface area contributed by atoms with Crippen LogP contribution in [-0.4, -0.2) is 38.2 Å². The molecule has 2 aromatic rings. The summed E-state index contributed by atoms with van der Waals surface area (Å²) >= 11 is 0. The molecule has 0 spiro atoms. The van der Waals surface area contributed by atoms with Gasteiger partial charge in [-0.05, 0) is 66.8 Å².